The summed E-state index contributed by atoms with van der Waals surface area (Å²) in [6.07, 6.45) is 8.86. The zero-order valence-electron chi connectivity index (χ0n) is 12.0. The van der Waals surface area contributed by atoms with E-state index in [1.54, 1.807) is 0 Å². The Morgan fingerprint density at radius 2 is 1.74 bits per heavy atom. The summed E-state index contributed by atoms with van der Waals surface area (Å²) in [5, 5.41) is 3.46. The number of nitrogens with one attached hydrogen (secondary N) is 1. The van der Waals surface area contributed by atoms with E-state index in [0.29, 0.717) is 5.91 Å². The molecule has 3 atom stereocenters. The first-order chi connectivity index (χ1) is 8.69. The van der Waals surface area contributed by atoms with Crippen LogP contribution in [0.25, 0.3) is 0 Å². The molecule has 3 rings (SSSR count). The highest BCUT2D eigenvalue weighted by atomic mass is 35.5. The van der Waals surface area contributed by atoms with E-state index in [2.05, 4.69) is 17.1 Å². The largest absolute Gasteiger partial charge is 0.341 e. The zero-order valence-corrected chi connectivity index (χ0v) is 12.8. The number of carbonyl (C=O) groups is 1. The van der Waals surface area contributed by atoms with Gasteiger partial charge < -0.3 is 10.2 Å². The molecule has 0 aromatic rings. The quantitative estimate of drug-likeness (QED) is 0.804. The van der Waals surface area contributed by atoms with Gasteiger partial charge in [-0.1, -0.05) is 12.8 Å². The number of hydrogen-bond acceptors (Lipinski definition) is 2. The molecule has 0 aromatic heterocycles. The minimum absolute atomic E-state index is 0. The fourth-order valence-corrected chi connectivity index (χ4v) is 4.16. The Morgan fingerprint density at radius 1 is 1.11 bits per heavy atom. The van der Waals surface area contributed by atoms with Crippen molar-refractivity contribution in [2.45, 2.75) is 57.4 Å². The molecule has 1 aliphatic carbocycles. The predicted octanol–water partition coefficient (Wildman–Crippen LogP) is 2.59. The summed E-state index contributed by atoms with van der Waals surface area (Å²) in [5.41, 5.74) is -0.272. The van der Waals surface area contributed by atoms with Gasteiger partial charge in [-0.2, -0.15) is 0 Å². The van der Waals surface area contributed by atoms with E-state index in [-0.39, 0.29) is 17.9 Å². The first-order valence-corrected chi connectivity index (χ1v) is 7.73. The molecule has 3 fully saturated rings. The van der Waals surface area contributed by atoms with Crippen LogP contribution >= 0.6 is 12.4 Å². The molecule has 3 aliphatic rings. The zero-order chi connectivity index (χ0) is 12.6. The number of halogens is 1. The normalized spacial score (nSPS) is 38.5. The minimum atomic E-state index is -0.272. The molecule has 1 N–H and O–H groups in total. The van der Waals surface area contributed by atoms with Crippen molar-refractivity contribution < 1.29 is 4.79 Å². The van der Waals surface area contributed by atoms with Gasteiger partial charge in [-0.3, -0.25) is 4.79 Å². The maximum Gasteiger partial charge on any atom is 0.242 e. The van der Waals surface area contributed by atoms with Crippen LogP contribution in [0.3, 0.4) is 0 Å². The average Bonchev–Trinajstić information content (AvgIpc) is 2.82. The number of piperidine rings is 1. The van der Waals surface area contributed by atoms with Crippen molar-refractivity contribution in [2.75, 3.05) is 19.6 Å². The smallest absolute Gasteiger partial charge is 0.242 e. The van der Waals surface area contributed by atoms with Crippen molar-refractivity contribution in [1.82, 2.24) is 10.2 Å². The van der Waals surface area contributed by atoms with E-state index < -0.39 is 0 Å². The van der Waals surface area contributed by atoms with Crippen LogP contribution in [0.5, 0.6) is 0 Å². The van der Waals surface area contributed by atoms with Crippen molar-refractivity contribution in [3.63, 3.8) is 0 Å². The molecule has 3 unspecified atom stereocenters. The van der Waals surface area contributed by atoms with E-state index in [9.17, 15) is 4.79 Å². The third kappa shape index (κ3) is 2.92. The summed E-state index contributed by atoms with van der Waals surface area (Å²) >= 11 is 0. The van der Waals surface area contributed by atoms with Crippen LogP contribution in [-0.4, -0.2) is 36.0 Å². The Morgan fingerprint density at radius 3 is 2.26 bits per heavy atom. The third-order valence-electron chi connectivity index (χ3n) is 5.35. The number of amides is 1. The standard InChI is InChI=1S/C15H26N2O.ClH/c1-15(8-4-5-9-16-15)14(18)17-10-12-6-2-3-7-13(12)11-17;/h12-13,16H,2-11H2,1H3;1H. The number of fused-ring (bicyclic) bond motifs is 1. The topological polar surface area (TPSA) is 32.3 Å². The lowest BCUT2D eigenvalue weighted by Gasteiger charge is -2.36. The maximum atomic E-state index is 12.7. The van der Waals surface area contributed by atoms with Crippen LogP contribution in [0.2, 0.25) is 0 Å². The molecular weight excluding hydrogens is 260 g/mol. The molecule has 0 aromatic carbocycles. The lowest BCUT2D eigenvalue weighted by Crippen LogP contribution is -2.57. The van der Waals surface area contributed by atoms with E-state index in [0.717, 1.165) is 37.9 Å². The van der Waals surface area contributed by atoms with Crippen LogP contribution in [0, 0.1) is 11.8 Å². The molecule has 2 saturated heterocycles. The summed E-state index contributed by atoms with van der Waals surface area (Å²) < 4.78 is 0. The summed E-state index contributed by atoms with van der Waals surface area (Å²) in [6.45, 7) is 5.17. The highest BCUT2D eigenvalue weighted by Crippen LogP contribution is 2.37. The summed E-state index contributed by atoms with van der Waals surface area (Å²) in [4.78, 5) is 14.9. The van der Waals surface area contributed by atoms with Gasteiger partial charge >= 0.3 is 0 Å². The van der Waals surface area contributed by atoms with Gasteiger partial charge in [0.1, 0.15) is 0 Å². The Hall–Kier alpha value is -0.280. The molecule has 2 heterocycles. The lowest BCUT2D eigenvalue weighted by molar-refractivity contribution is -0.137. The maximum absolute atomic E-state index is 12.7. The monoisotopic (exact) mass is 286 g/mol. The molecule has 2 aliphatic heterocycles. The number of rotatable bonds is 1. The predicted molar refractivity (Wildman–Crippen MR) is 79.5 cm³/mol. The number of likely N-dealkylation sites (tertiary alicyclic amines) is 1. The van der Waals surface area contributed by atoms with Crippen molar-refractivity contribution in [1.29, 1.82) is 0 Å². The van der Waals surface area contributed by atoms with Gasteiger partial charge in [0.15, 0.2) is 0 Å². The summed E-state index contributed by atoms with van der Waals surface area (Å²) in [5.74, 6) is 1.97. The highest BCUT2D eigenvalue weighted by molar-refractivity contribution is 5.86. The van der Waals surface area contributed by atoms with E-state index >= 15 is 0 Å². The molecule has 1 amide bonds. The van der Waals surface area contributed by atoms with E-state index in [4.69, 9.17) is 0 Å². The highest BCUT2D eigenvalue weighted by Gasteiger charge is 2.43. The second kappa shape index (κ2) is 6.01. The van der Waals surface area contributed by atoms with Gasteiger partial charge in [-0.25, -0.2) is 0 Å². The Labute approximate surface area is 122 Å². The number of carbonyl (C=O) groups excluding carboxylic acids is 1. The molecule has 4 heteroatoms. The van der Waals surface area contributed by atoms with Gasteiger partial charge in [0.2, 0.25) is 5.91 Å². The van der Waals surface area contributed by atoms with Gasteiger partial charge in [0.25, 0.3) is 0 Å². The lowest BCUT2D eigenvalue weighted by atomic mass is 9.82. The van der Waals surface area contributed by atoms with Crippen molar-refractivity contribution in [3.05, 3.63) is 0 Å². The van der Waals surface area contributed by atoms with Crippen molar-refractivity contribution in [2.24, 2.45) is 11.8 Å². The van der Waals surface area contributed by atoms with Gasteiger partial charge in [-0.05, 0) is 57.4 Å². The fourth-order valence-electron chi connectivity index (χ4n) is 4.16. The number of hydrogen-bond donors (Lipinski definition) is 1. The average molecular weight is 287 g/mol. The Bertz CT molecular complexity index is 314. The molecule has 1 saturated carbocycles. The molecule has 110 valence electrons. The molecule has 0 radical (unpaired) electrons. The molecule has 19 heavy (non-hydrogen) atoms. The van der Waals surface area contributed by atoms with Crippen molar-refractivity contribution >= 4 is 18.3 Å². The Balaban J connectivity index is 0.00000133. The van der Waals surface area contributed by atoms with Crippen LogP contribution in [-0.2, 0) is 4.79 Å². The van der Waals surface area contributed by atoms with Gasteiger partial charge in [0, 0.05) is 13.1 Å². The third-order valence-corrected chi connectivity index (χ3v) is 5.35. The summed E-state index contributed by atoms with van der Waals surface area (Å²) in [6, 6.07) is 0. The molecule has 3 nitrogen and oxygen atoms in total. The van der Waals surface area contributed by atoms with Crippen LogP contribution in [0.4, 0.5) is 0 Å². The SMILES string of the molecule is CC1(C(=O)N2CC3CCCCC3C2)CCCCN1.Cl. The molecule has 0 spiro atoms. The van der Waals surface area contributed by atoms with Crippen LogP contribution in [0.1, 0.15) is 51.9 Å². The first-order valence-electron chi connectivity index (χ1n) is 7.73. The van der Waals surface area contributed by atoms with Crippen LogP contribution in [0.15, 0.2) is 0 Å². The van der Waals surface area contributed by atoms with E-state index in [1.165, 1.54) is 38.5 Å². The van der Waals surface area contributed by atoms with Crippen LogP contribution < -0.4 is 5.32 Å². The molecule has 0 bridgehead atoms. The van der Waals surface area contributed by atoms with E-state index in [1.807, 2.05) is 0 Å². The van der Waals surface area contributed by atoms with Crippen molar-refractivity contribution in [3.8, 4) is 0 Å². The Kier molecular flexibility index (Phi) is 4.78. The first kappa shape index (κ1) is 15.1. The second-order valence-electron chi connectivity index (χ2n) is 6.73. The van der Waals surface area contributed by atoms with Gasteiger partial charge in [-0.15, -0.1) is 12.4 Å². The molecular formula is C15H27ClN2O. The summed E-state index contributed by atoms with van der Waals surface area (Å²) in [7, 11) is 0. The second-order valence-corrected chi connectivity index (χ2v) is 6.73. The minimum Gasteiger partial charge on any atom is -0.341 e. The van der Waals surface area contributed by atoms with Gasteiger partial charge in [0.05, 0.1) is 5.54 Å². The number of nitrogens with zero attached hydrogens (tertiary/aromatic N) is 1. The fraction of sp³-hybridized carbons (Fsp3) is 0.933.